The molecule has 76 valence electrons. The van der Waals surface area contributed by atoms with Crippen molar-refractivity contribution in [2.75, 3.05) is 0 Å². The first-order valence-corrected chi connectivity index (χ1v) is 5.45. The van der Waals surface area contributed by atoms with Gasteiger partial charge in [0.1, 0.15) is 0 Å². The lowest BCUT2D eigenvalue weighted by Crippen LogP contribution is -1.82. The fourth-order valence-corrected chi connectivity index (χ4v) is 1.33. The number of rotatable bonds is 6. The molecule has 0 saturated carbocycles. The van der Waals surface area contributed by atoms with E-state index in [0.29, 0.717) is 0 Å². The predicted molar refractivity (Wildman–Crippen MR) is 62.8 cm³/mol. The molecule has 14 heavy (non-hydrogen) atoms. The lowest BCUT2D eigenvalue weighted by Gasteiger charge is -1.94. The SMILES string of the molecule is CCCCC/C=N\Cc1ccccc1. The van der Waals surface area contributed by atoms with Crippen LogP contribution in [0.1, 0.15) is 38.2 Å². The van der Waals surface area contributed by atoms with Crippen LogP contribution in [-0.4, -0.2) is 6.21 Å². The Morgan fingerprint density at radius 2 is 1.93 bits per heavy atom. The third kappa shape index (κ3) is 4.80. The third-order valence-electron chi connectivity index (χ3n) is 2.18. The lowest BCUT2D eigenvalue weighted by molar-refractivity contribution is 0.745. The highest BCUT2D eigenvalue weighted by atomic mass is 14.7. The molecule has 0 fully saturated rings. The quantitative estimate of drug-likeness (QED) is 0.476. The summed E-state index contributed by atoms with van der Waals surface area (Å²) in [6.07, 6.45) is 7.06. The molecule has 0 spiro atoms. The number of benzene rings is 1. The van der Waals surface area contributed by atoms with Crippen LogP contribution < -0.4 is 0 Å². The first-order valence-electron chi connectivity index (χ1n) is 5.45. The van der Waals surface area contributed by atoms with Gasteiger partial charge in [-0.2, -0.15) is 0 Å². The zero-order valence-corrected chi connectivity index (χ0v) is 8.95. The van der Waals surface area contributed by atoms with Crippen molar-refractivity contribution in [3.63, 3.8) is 0 Å². The van der Waals surface area contributed by atoms with Gasteiger partial charge in [-0.15, -0.1) is 0 Å². The molecule has 0 radical (unpaired) electrons. The van der Waals surface area contributed by atoms with Gasteiger partial charge >= 0.3 is 0 Å². The summed E-state index contributed by atoms with van der Waals surface area (Å²) in [5.41, 5.74) is 1.29. The molecule has 0 aliphatic carbocycles. The minimum Gasteiger partial charge on any atom is -0.293 e. The van der Waals surface area contributed by atoms with E-state index in [-0.39, 0.29) is 0 Å². The standard InChI is InChI=1S/C13H19N/c1-2-3-4-8-11-14-12-13-9-6-5-7-10-13/h5-7,9-11H,2-4,8,12H2,1H3/b14-11-. The molecule has 1 nitrogen and oxygen atoms in total. The molecule has 0 aliphatic rings. The summed E-state index contributed by atoms with van der Waals surface area (Å²) in [7, 11) is 0. The molecule has 0 aromatic heterocycles. The Labute approximate surface area is 86.9 Å². The second kappa shape index (κ2) is 7.31. The molecule has 0 aliphatic heterocycles. The highest BCUT2D eigenvalue weighted by Crippen LogP contribution is 2.00. The minimum absolute atomic E-state index is 0.826. The van der Waals surface area contributed by atoms with Crippen LogP contribution in [0.2, 0.25) is 0 Å². The van der Waals surface area contributed by atoms with Gasteiger partial charge in [0.25, 0.3) is 0 Å². The molecular weight excluding hydrogens is 170 g/mol. The fraction of sp³-hybridized carbons (Fsp3) is 0.462. The molecule has 1 rings (SSSR count). The molecule has 0 heterocycles. The first kappa shape index (κ1) is 11.0. The van der Waals surface area contributed by atoms with Crippen LogP contribution in [0.15, 0.2) is 35.3 Å². The Morgan fingerprint density at radius 1 is 1.14 bits per heavy atom. The van der Waals surface area contributed by atoms with Gasteiger partial charge in [-0.05, 0) is 24.6 Å². The van der Waals surface area contributed by atoms with Crippen molar-refractivity contribution >= 4 is 6.21 Å². The second-order valence-corrected chi connectivity index (χ2v) is 3.50. The second-order valence-electron chi connectivity index (χ2n) is 3.50. The van der Waals surface area contributed by atoms with Crippen molar-refractivity contribution < 1.29 is 0 Å². The van der Waals surface area contributed by atoms with Crippen LogP contribution in [0, 0.1) is 0 Å². The molecule has 0 atom stereocenters. The van der Waals surface area contributed by atoms with Crippen molar-refractivity contribution in [3.8, 4) is 0 Å². The Bertz CT molecular complexity index is 251. The lowest BCUT2D eigenvalue weighted by atomic mass is 10.2. The summed E-state index contributed by atoms with van der Waals surface area (Å²) in [6.45, 7) is 3.05. The van der Waals surface area contributed by atoms with E-state index in [1.165, 1.54) is 24.8 Å². The van der Waals surface area contributed by atoms with E-state index in [4.69, 9.17) is 0 Å². The Kier molecular flexibility index (Phi) is 5.73. The molecule has 1 aromatic carbocycles. The summed E-state index contributed by atoms with van der Waals surface area (Å²) in [5.74, 6) is 0. The number of hydrogen-bond acceptors (Lipinski definition) is 1. The van der Waals surface area contributed by atoms with Gasteiger partial charge < -0.3 is 0 Å². The van der Waals surface area contributed by atoms with Gasteiger partial charge in [-0.3, -0.25) is 4.99 Å². The maximum Gasteiger partial charge on any atom is 0.0635 e. The first-order chi connectivity index (χ1) is 6.93. The van der Waals surface area contributed by atoms with Crippen LogP contribution in [0.3, 0.4) is 0 Å². The van der Waals surface area contributed by atoms with E-state index in [9.17, 15) is 0 Å². The molecule has 0 unspecified atom stereocenters. The normalized spacial score (nSPS) is 10.9. The summed E-state index contributed by atoms with van der Waals surface area (Å²) < 4.78 is 0. The Balaban J connectivity index is 2.14. The molecule has 0 bridgehead atoms. The van der Waals surface area contributed by atoms with Gasteiger partial charge in [-0.1, -0.05) is 50.1 Å². The molecule has 1 heteroatoms. The van der Waals surface area contributed by atoms with Gasteiger partial charge in [0.05, 0.1) is 6.54 Å². The molecule has 0 saturated heterocycles. The molecular formula is C13H19N. The minimum atomic E-state index is 0.826. The van der Waals surface area contributed by atoms with Crippen molar-refractivity contribution in [2.24, 2.45) is 4.99 Å². The Morgan fingerprint density at radius 3 is 2.64 bits per heavy atom. The van der Waals surface area contributed by atoms with Gasteiger partial charge in [-0.25, -0.2) is 0 Å². The summed E-state index contributed by atoms with van der Waals surface area (Å²) >= 11 is 0. The smallest absolute Gasteiger partial charge is 0.0635 e. The van der Waals surface area contributed by atoms with Crippen LogP contribution in [0.4, 0.5) is 0 Å². The monoisotopic (exact) mass is 189 g/mol. The summed E-state index contributed by atoms with van der Waals surface area (Å²) in [4.78, 5) is 4.39. The molecule has 1 aromatic rings. The van der Waals surface area contributed by atoms with Crippen molar-refractivity contribution in [2.45, 2.75) is 39.2 Å². The average molecular weight is 189 g/mol. The number of aliphatic imine (C=N–C) groups is 1. The van der Waals surface area contributed by atoms with Crippen LogP contribution in [0.5, 0.6) is 0 Å². The number of nitrogens with zero attached hydrogens (tertiary/aromatic N) is 1. The molecule has 0 amide bonds. The number of unbranched alkanes of at least 4 members (excludes halogenated alkanes) is 3. The highest BCUT2D eigenvalue weighted by Gasteiger charge is 1.86. The van der Waals surface area contributed by atoms with Crippen molar-refractivity contribution in [3.05, 3.63) is 35.9 Å². The van der Waals surface area contributed by atoms with E-state index < -0.39 is 0 Å². The van der Waals surface area contributed by atoms with Gasteiger partial charge in [0.2, 0.25) is 0 Å². The Hall–Kier alpha value is -1.11. The maximum atomic E-state index is 4.39. The van der Waals surface area contributed by atoms with Crippen LogP contribution in [0.25, 0.3) is 0 Å². The summed E-state index contributed by atoms with van der Waals surface area (Å²) in [6, 6.07) is 10.4. The van der Waals surface area contributed by atoms with E-state index in [2.05, 4.69) is 42.4 Å². The number of hydrogen-bond donors (Lipinski definition) is 0. The predicted octanol–water partition coefficient (Wildman–Crippen LogP) is 3.84. The van der Waals surface area contributed by atoms with Crippen molar-refractivity contribution in [1.82, 2.24) is 0 Å². The maximum absolute atomic E-state index is 4.39. The van der Waals surface area contributed by atoms with Gasteiger partial charge in [0, 0.05) is 0 Å². The summed E-state index contributed by atoms with van der Waals surface area (Å²) in [5, 5.41) is 0. The third-order valence-corrected chi connectivity index (χ3v) is 2.18. The van der Waals surface area contributed by atoms with Gasteiger partial charge in [0.15, 0.2) is 0 Å². The van der Waals surface area contributed by atoms with Crippen LogP contribution in [-0.2, 0) is 6.54 Å². The van der Waals surface area contributed by atoms with Crippen LogP contribution >= 0.6 is 0 Å². The fourth-order valence-electron chi connectivity index (χ4n) is 1.33. The zero-order valence-electron chi connectivity index (χ0n) is 8.95. The molecule has 0 N–H and O–H groups in total. The van der Waals surface area contributed by atoms with E-state index >= 15 is 0 Å². The average Bonchev–Trinajstić information content (AvgIpc) is 2.25. The zero-order chi connectivity index (χ0) is 10.1. The topological polar surface area (TPSA) is 12.4 Å². The van der Waals surface area contributed by atoms with E-state index in [0.717, 1.165) is 13.0 Å². The largest absolute Gasteiger partial charge is 0.293 e. The van der Waals surface area contributed by atoms with Crippen molar-refractivity contribution in [1.29, 1.82) is 0 Å². The van der Waals surface area contributed by atoms with E-state index in [1.807, 2.05) is 6.07 Å². The highest BCUT2D eigenvalue weighted by molar-refractivity contribution is 5.57. The van der Waals surface area contributed by atoms with E-state index in [1.54, 1.807) is 0 Å².